The summed E-state index contributed by atoms with van der Waals surface area (Å²) < 4.78 is 5.46. The Bertz CT molecular complexity index is 768. The third-order valence-corrected chi connectivity index (χ3v) is 5.13. The van der Waals surface area contributed by atoms with Crippen LogP contribution < -0.4 is 0 Å². The standard InChI is InChI=1S/C18H22N4OS/c1-13(18-20-19-14(2)24-18)22(3)11-7-10-16-12-17(21-23-16)15-8-5-4-6-9-15/h4-6,8-9,12-13H,7,10-11H2,1-3H3/t13-/m0/s1. The second kappa shape index (κ2) is 7.68. The van der Waals surface area contributed by atoms with E-state index in [9.17, 15) is 0 Å². The van der Waals surface area contributed by atoms with Crippen LogP contribution in [-0.4, -0.2) is 33.8 Å². The van der Waals surface area contributed by atoms with Gasteiger partial charge >= 0.3 is 0 Å². The molecule has 0 saturated heterocycles. The summed E-state index contributed by atoms with van der Waals surface area (Å²) >= 11 is 1.66. The van der Waals surface area contributed by atoms with E-state index in [0.717, 1.165) is 46.4 Å². The Morgan fingerprint density at radius 1 is 1.21 bits per heavy atom. The Morgan fingerprint density at radius 3 is 2.71 bits per heavy atom. The minimum atomic E-state index is 0.283. The van der Waals surface area contributed by atoms with Crippen molar-refractivity contribution in [3.05, 3.63) is 52.2 Å². The fourth-order valence-electron chi connectivity index (χ4n) is 2.54. The molecule has 126 valence electrons. The smallest absolute Gasteiger partial charge is 0.137 e. The zero-order valence-electron chi connectivity index (χ0n) is 14.3. The average molecular weight is 342 g/mol. The number of hydrogen-bond acceptors (Lipinski definition) is 6. The second-order valence-electron chi connectivity index (χ2n) is 5.96. The molecule has 0 aliphatic carbocycles. The van der Waals surface area contributed by atoms with Gasteiger partial charge in [-0.05, 0) is 33.9 Å². The first-order valence-corrected chi connectivity index (χ1v) is 8.96. The van der Waals surface area contributed by atoms with Crippen LogP contribution in [0.3, 0.4) is 0 Å². The Labute approximate surface area is 146 Å². The van der Waals surface area contributed by atoms with Crippen LogP contribution in [0.25, 0.3) is 11.3 Å². The molecule has 0 radical (unpaired) electrons. The lowest BCUT2D eigenvalue weighted by Gasteiger charge is -2.22. The summed E-state index contributed by atoms with van der Waals surface area (Å²) in [5.74, 6) is 0.932. The topological polar surface area (TPSA) is 55.1 Å². The molecule has 2 aromatic heterocycles. The molecule has 0 amide bonds. The number of nitrogens with zero attached hydrogens (tertiary/aromatic N) is 4. The minimum Gasteiger partial charge on any atom is -0.361 e. The summed E-state index contributed by atoms with van der Waals surface area (Å²) in [7, 11) is 2.12. The lowest BCUT2D eigenvalue weighted by atomic mass is 10.1. The summed E-state index contributed by atoms with van der Waals surface area (Å²) in [6.07, 6.45) is 1.90. The highest BCUT2D eigenvalue weighted by atomic mass is 32.1. The van der Waals surface area contributed by atoms with E-state index in [-0.39, 0.29) is 6.04 Å². The van der Waals surface area contributed by atoms with Gasteiger partial charge in [-0.25, -0.2) is 0 Å². The number of rotatable bonds is 7. The van der Waals surface area contributed by atoms with Crippen LogP contribution in [0.2, 0.25) is 0 Å². The molecule has 24 heavy (non-hydrogen) atoms. The third kappa shape index (κ3) is 4.07. The average Bonchev–Trinajstić information content (AvgIpc) is 3.24. The fraction of sp³-hybridized carbons (Fsp3) is 0.389. The molecule has 0 spiro atoms. The van der Waals surface area contributed by atoms with Crippen molar-refractivity contribution in [2.75, 3.05) is 13.6 Å². The normalized spacial score (nSPS) is 12.7. The van der Waals surface area contributed by atoms with Gasteiger partial charge in [0.2, 0.25) is 0 Å². The van der Waals surface area contributed by atoms with Gasteiger partial charge < -0.3 is 4.52 Å². The molecular weight excluding hydrogens is 320 g/mol. The first-order chi connectivity index (χ1) is 11.6. The summed E-state index contributed by atoms with van der Waals surface area (Å²) in [6.45, 7) is 5.13. The van der Waals surface area contributed by atoms with Crippen LogP contribution in [0.5, 0.6) is 0 Å². The van der Waals surface area contributed by atoms with Crippen molar-refractivity contribution in [3.63, 3.8) is 0 Å². The van der Waals surface area contributed by atoms with Gasteiger partial charge in [0.1, 0.15) is 21.5 Å². The first kappa shape index (κ1) is 16.8. The van der Waals surface area contributed by atoms with Gasteiger partial charge in [-0.3, -0.25) is 4.90 Å². The summed E-state index contributed by atoms with van der Waals surface area (Å²) in [4.78, 5) is 2.30. The zero-order chi connectivity index (χ0) is 16.9. The molecule has 2 heterocycles. The highest BCUT2D eigenvalue weighted by molar-refractivity contribution is 7.11. The summed E-state index contributed by atoms with van der Waals surface area (Å²) in [5, 5.41) is 14.6. The molecule has 0 saturated carbocycles. The Hall–Kier alpha value is -2.05. The van der Waals surface area contributed by atoms with E-state index < -0.39 is 0 Å². The van der Waals surface area contributed by atoms with Crippen molar-refractivity contribution in [2.45, 2.75) is 32.7 Å². The minimum absolute atomic E-state index is 0.283. The monoisotopic (exact) mass is 342 g/mol. The second-order valence-corrected chi connectivity index (χ2v) is 7.18. The highest BCUT2D eigenvalue weighted by Gasteiger charge is 2.16. The van der Waals surface area contributed by atoms with Crippen LogP contribution in [0.15, 0.2) is 40.9 Å². The lowest BCUT2D eigenvalue weighted by Crippen LogP contribution is -2.23. The van der Waals surface area contributed by atoms with Crippen LogP contribution >= 0.6 is 11.3 Å². The van der Waals surface area contributed by atoms with E-state index in [4.69, 9.17) is 4.52 Å². The van der Waals surface area contributed by atoms with Gasteiger partial charge in [-0.2, -0.15) is 0 Å². The van der Waals surface area contributed by atoms with E-state index in [1.807, 2.05) is 43.3 Å². The fourth-order valence-corrected chi connectivity index (χ4v) is 3.36. The van der Waals surface area contributed by atoms with Gasteiger partial charge in [-0.15, -0.1) is 21.5 Å². The first-order valence-electron chi connectivity index (χ1n) is 8.15. The molecule has 0 aliphatic heterocycles. The van der Waals surface area contributed by atoms with Crippen molar-refractivity contribution >= 4 is 11.3 Å². The van der Waals surface area contributed by atoms with Crippen LogP contribution in [0.4, 0.5) is 0 Å². The van der Waals surface area contributed by atoms with Crippen molar-refractivity contribution in [2.24, 2.45) is 0 Å². The predicted molar refractivity (Wildman–Crippen MR) is 96.0 cm³/mol. The maximum absolute atomic E-state index is 5.46. The lowest BCUT2D eigenvalue weighted by molar-refractivity contribution is 0.253. The Kier molecular flexibility index (Phi) is 5.37. The number of hydrogen-bond donors (Lipinski definition) is 0. The molecule has 6 heteroatoms. The van der Waals surface area contributed by atoms with E-state index in [1.54, 1.807) is 11.3 Å². The SMILES string of the molecule is Cc1nnc([C@H](C)N(C)CCCc2cc(-c3ccccc3)no2)s1. The Balaban J connectivity index is 1.50. The highest BCUT2D eigenvalue weighted by Crippen LogP contribution is 2.23. The van der Waals surface area contributed by atoms with E-state index in [0.29, 0.717) is 0 Å². The number of benzene rings is 1. The molecule has 0 N–H and O–H groups in total. The quantitative estimate of drug-likeness (QED) is 0.646. The van der Waals surface area contributed by atoms with Crippen LogP contribution in [0.1, 0.15) is 35.2 Å². The molecule has 0 bridgehead atoms. The Morgan fingerprint density at radius 2 is 2.00 bits per heavy atom. The molecular formula is C18H22N4OS. The largest absolute Gasteiger partial charge is 0.361 e. The summed E-state index contributed by atoms with van der Waals surface area (Å²) in [5.41, 5.74) is 1.99. The van der Waals surface area contributed by atoms with Gasteiger partial charge in [0.25, 0.3) is 0 Å². The van der Waals surface area contributed by atoms with Gasteiger partial charge in [0.05, 0.1) is 6.04 Å². The maximum Gasteiger partial charge on any atom is 0.137 e. The third-order valence-electron chi connectivity index (χ3n) is 4.12. The molecule has 0 unspecified atom stereocenters. The number of aryl methyl sites for hydroxylation is 2. The van der Waals surface area contributed by atoms with Gasteiger partial charge in [-0.1, -0.05) is 35.5 Å². The maximum atomic E-state index is 5.46. The van der Waals surface area contributed by atoms with Gasteiger partial charge in [0.15, 0.2) is 0 Å². The van der Waals surface area contributed by atoms with E-state index >= 15 is 0 Å². The zero-order valence-corrected chi connectivity index (χ0v) is 15.1. The van der Waals surface area contributed by atoms with Crippen molar-refractivity contribution < 1.29 is 4.52 Å². The molecule has 3 rings (SSSR count). The van der Waals surface area contributed by atoms with Crippen LogP contribution in [-0.2, 0) is 6.42 Å². The van der Waals surface area contributed by atoms with Crippen LogP contribution in [0, 0.1) is 6.92 Å². The van der Waals surface area contributed by atoms with E-state index in [2.05, 4.69) is 34.2 Å². The number of aromatic nitrogens is 3. The molecule has 5 nitrogen and oxygen atoms in total. The van der Waals surface area contributed by atoms with Crippen molar-refractivity contribution in [1.82, 2.24) is 20.3 Å². The summed E-state index contributed by atoms with van der Waals surface area (Å²) in [6, 6.07) is 12.4. The predicted octanol–water partition coefficient (Wildman–Crippen LogP) is 4.13. The van der Waals surface area contributed by atoms with Crippen molar-refractivity contribution in [3.8, 4) is 11.3 Å². The molecule has 1 atom stereocenters. The molecule has 1 aromatic carbocycles. The molecule has 3 aromatic rings. The van der Waals surface area contributed by atoms with Gasteiger partial charge in [0, 0.05) is 18.1 Å². The van der Waals surface area contributed by atoms with Crippen molar-refractivity contribution in [1.29, 1.82) is 0 Å². The molecule has 0 aliphatic rings. The molecule has 0 fully saturated rings. The van der Waals surface area contributed by atoms with E-state index in [1.165, 1.54) is 0 Å².